The third kappa shape index (κ3) is 0.579. The summed E-state index contributed by atoms with van der Waals surface area (Å²) in [5.41, 5.74) is 1.14. The number of nitrogens with one attached hydrogen (secondary N) is 2. The van der Waals surface area contributed by atoms with Crippen molar-refractivity contribution < 1.29 is 9.61 Å². The van der Waals surface area contributed by atoms with Gasteiger partial charge in [0.2, 0.25) is 6.20 Å². The molecular weight excluding hydrogens is 114 g/mol. The van der Waals surface area contributed by atoms with Crippen molar-refractivity contribution in [2.24, 2.45) is 0 Å². The molecule has 0 bridgehead atoms. The highest BCUT2D eigenvalue weighted by atomic mass is 15.4. The van der Waals surface area contributed by atoms with Crippen molar-refractivity contribution in [3.63, 3.8) is 0 Å². The molecule has 0 aromatic carbocycles. The third-order valence-electron chi connectivity index (χ3n) is 1.30. The number of H-pyrrole nitrogens is 2. The Kier molecular flexibility index (Phi) is 0.773. The van der Waals surface area contributed by atoms with E-state index in [1.54, 1.807) is 0 Å². The SMILES string of the molecule is c1cc[n+]2[nH][nH+]cc2c1. The van der Waals surface area contributed by atoms with Crippen molar-refractivity contribution in [3.8, 4) is 0 Å². The van der Waals surface area contributed by atoms with Crippen LogP contribution in [-0.4, -0.2) is 5.21 Å². The van der Waals surface area contributed by atoms with Crippen LogP contribution < -0.4 is 9.61 Å². The van der Waals surface area contributed by atoms with Crippen LogP contribution in [0.25, 0.3) is 5.52 Å². The van der Waals surface area contributed by atoms with Crippen LogP contribution in [0.3, 0.4) is 0 Å². The number of hydrogen-bond donors (Lipinski definition) is 1. The first-order chi connectivity index (χ1) is 4.47. The lowest BCUT2D eigenvalue weighted by atomic mass is 10.4. The van der Waals surface area contributed by atoms with Crippen LogP contribution >= 0.6 is 0 Å². The molecule has 3 nitrogen and oxygen atoms in total. The highest BCUT2D eigenvalue weighted by Crippen LogP contribution is 1.85. The molecule has 3 heteroatoms. The van der Waals surface area contributed by atoms with Gasteiger partial charge in [0.15, 0.2) is 0 Å². The zero-order chi connectivity index (χ0) is 6.10. The molecule has 0 saturated heterocycles. The number of pyridine rings is 1. The van der Waals surface area contributed by atoms with Gasteiger partial charge in [-0.15, -0.1) is 0 Å². The second-order valence-electron chi connectivity index (χ2n) is 1.90. The molecule has 0 saturated carbocycles. The van der Waals surface area contributed by atoms with Gasteiger partial charge in [-0.3, -0.25) is 0 Å². The predicted octanol–water partition coefficient (Wildman–Crippen LogP) is -0.433. The second kappa shape index (κ2) is 1.55. The Bertz CT molecular complexity index is 282. The van der Waals surface area contributed by atoms with Crippen molar-refractivity contribution in [3.05, 3.63) is 30.6 Å². The van der Waals surface area contributed by atoms with E-state index in [1.807, 2.05) is 35.1 Å². The van der Waals surface area contributed by atoms with Gasteiger partial charge in [-0.2, -0.15) is 0 Å². The summed E-state index contributed by atoms with van der Waals surface area (Å²) in [6.45, 7) is 0. The molecule has 2 aromatic rings. The van der Waals surface area contributed by atoms with E-state index in [0.29, 0.717) is 0 Å². The van der Waals surface area contributed by atoms with E-state index in [0.717, 1.165) is 5.52 Å². The smallest absolute Gasteiger partial charge is 0.0764 e. The number of nitrogens with zero attached hydrogens (tertiary/aromatic N) is 1. The first-order valence-electron chi connectivity index (χ1n) is 2.82. The molecular formula is C6H7N3+2. The fraction of sp³-hybridized carbons (Fsp3) is 0. The van der Waals surface area contributed by atoms with Crippen LogP contribution in [0.5, 0.6) is 0 Å². The van der Waals surface area contributed by atoms with Gasteiger partial charge in [0.05, 0.1) is 0 Å². The molecule has 0 aliphatic carbocycles. The molecule has 9 heavy (non-hydrogen) atoms. The van der Waals surface area contributed by atoms with Crippen LogP contribution in [0.15, 0.2) is 30.6 Å². The average molecular weight is 121 g/mol. The normalized spacial score (nSPS) is 10.2. The van der Waals surface area contributed by atoms with Gasteiger partial charge in [-0.05, 0) is 10.6 Å². The third-order valence-corrected chi connectivity index (χ3v) is 1.30. The van der Waals surface area contributed by atoms with Gasteiger partial charge >= 0.3 is 5.52 Å². The Morgan fingerprint density at radius 2 is 2.44 bits per heavy atom. The number of rotatable bonds is 0. The summed E-state index contributed by atoms with van der Waals surface area (Å²) in [6, 6.07) is 5.99. The van der Waals surface area contributed by atoms with Crippen LogP contribution in [0.1, 0.15) is 0 Å². The minimum atomic E-state index is 1.14. The molecule has 44 valence electrons. The maximum Gasteiger partial charge on any atom is 0.306 e. The summed E-state index contributed by atoms with van der Waals surface area (Å²) in [5, 5.41) is 5.79. The summed E-state index contributed by atoms with van der Waals surface area (Å²) in [5.74, 6) is 0. The Labute approximate surface area is 51.9 Å². The number of hydrogen-bond acceptors (Lipinski definition) is 0. The van der Waals surface area contributed by atoms with Crippen LogP contribution in [-0.2, 0) is 0 Å². The summed E-state index contributed by atoms with van der Waals surface area (Å²) in [6.07, 6.45) is 3.85. The van der Waals surface area contributed by atoms with E-state index in [1.165, 1.54) is 0 Å². The Hall–Kier alpha value is -1.38. The number of aromatic amines is 2. The van der Waals surface area contributed by atoms with Gasteiger partial charge in [-0.1, -0.05) is 5.10 Å². The quantitative estimate of drug-likeness (QED) is 0.459. The lowest BCUT2D eigenvalue weighted by molar-refractivity contribution is -0.687. The summed E-state index contributed by atoms with van der Waals surface area (Å²) >= 11 is 0. The molecule has 2 heterocycles. The van der Waals surface area contributed by atoms with E-state index in [4.69, 9.17) is 0 Å². The fourth-order valence-electron chi connectivity index (χ4n) is 0.851. The van der Waals surface area contributed by atoms with Gasteiger partial charge < -0.3 is 0 Å². The largest absolute Gasteiger partial charge is 0.306 e. The van der Waals surface area contributed by atoms with Crippen molar-refractivity contribution in [2.75, 3.05) is 0 Å². The number of fused-ring (bicyclic) bond motifs is 1. The highest BCUT2D eigenvalue weighted by Gasteiger charge is 2.02. The van der Waals surface area contributed by atoms with Crippen molar-refractivity contribution in [1.82, 2.24) is 5.21 Å². The van der Waals surface area contributed by atoms with Gasteiger partial charge in [-0.25, -0.2) is 0 Å². The molecule has 0 aliphatic heterocycles. The molecule has 0 aliphatic rings. The Morgan fingerprint density at radius 1 is 1.44 bits per heavy atom. The standard InChI is InChI=1S/C6H5N3/c1-2-4-9-6(3-1)5-7-8-9/h1-5H/p+2. The highest BCUT2D eigenvalue weighted by molar-refractivity contribution is 5.31. The molecule has 0 atom stereocenters. The van der Waals surface area contributed by atoms with Gasteiger partial charge in [0.25, 0.3) is 6.20 Å². The first kappa shape index (κ1) is 4.49. The molecule has 2 rings (SSSR count). The van der Waals surface area contributed by atoms with E-state index in [9.17, 15) is 0 Å². The molecule has 0 unspecified atom stereocenters. The second-order valence-corrected chi connectivity index (χ2v) is 1.90. The van der Waals surface area contributed by atoms with Crippen LogP contribution in [0.2, 0.25) is 0 Å². The zero-order valence-electron chi connectivity index (χ0n) is 4.83. The van der Waals surface area contributed by atoms with Crippen molar-refractivity contribution in [2.45, 2.75) is 0 Å². The molecule has 2 aromatic heterocycles. The first-order valence-corrected chi connectivity index (χ1v) is 2.82. The average Bonchev–Trinajstić information content (AvgIpc) is 2.33. The molecule has 0 fully saturated rings. The molecule has 0 radical (unpaired) electrons. The fourth-order valence-corrected chi connectivity index (χ4v) is 0.851. The molecule has 2 N–H and O–H groups in total. The minimum absolute atomic E-state index is 1.14. The minimum Gasteiger partial charge on any atom is -0.0764 e. The summed E-state index contributed by atoms with van der Waals surface area (Å²) in [4.78, 5) is 0. The topological polar surface area (TPSA) is 34.0 Å². The summed E-state index contributed by atoms with van der Waals surface area (Å²) < 4.78 is 1.90. The predicted molar refractivity (Wildman–Crippen MR) is 30.5 cm³/mol. The van der Waals surface area contributed by atoms with E-state index >= 15 is 0 Å². The van der Waals surface area contributed by atoms with Gasteiger partial charge in [0, 0.05) is 17.3 Å². The zero-order valence-corrected chi connectivity index (χ0v) is 4.83. The monoisotopic (exact) mass is 121 g/mol. The maximum absolute atomic E-state index is 2.91. The van der Waals surface area contributed by atoms with Crippen LogP contribution in [0, 0.1) is 0 Å². The number of aromatic nitrogens is 3. The lowest BCUT2D eigenvalue weighted by Crippen LogP contribution is -2.25. The van der Waals surface area contributed by atoms with E-state index < -0.39 is 0 Å². The van der Waals surface area contributed by atoms with E-state index in [-0.39, 0.29) is 0 Å². The summed E-state index contributed by atoms with van der Waals surface area (Å²) in [7, 11) is 0. The Balaban J connectivity index is 2.95. The molecule has 0 spiro atoms. The molecule has 0 amide bonds. The Morgan fingerprint density at radius 3 is 3.33 bits per heavy atom. The lowest BCUT2D eigenvalue weighted by Gasteiger charge is -1.70. The van der Waals surface area contributed by atoms with E-state index in [2.05, 4.69) is 10.3 Å². The van der Waals surface area contributed by atoms with Gasteiger partial charge in [0.1, 0.15) is 0 Å². The van der Waals surface area contributed by atoms with Crippen molar-refractivity contribution >= 4 is 5.52 Å². The maximum atomic E-state index is 2.91. The van der Waals surface area contributed by atoms with Crippen molar-refractivity contribution in [1.29, 1.82) is 0 Å². The van der Waals surface area contributed by atoms with Crippen LogP contribution in [0.4, 0.5) is 0 Å².